The van der Waals surface area contributed by atoms with E-state index in [1.54, 1.807) is 0 Å². The lowest BCUT2D eigenvalue weighted by molar-refractivity contribution is -0.136. The van der Waals surface area contributed by atoms with E-state index in [-0.39, 0.29) is 17.7 Å². The van der Waals surface area contributed by atoms with Gasteiger partial charge in [0.1, 0.15) is 0 Å². The molecule has 1 unspecified atom stereocenters. The largest absolute Gasteiger partial charge is 0.466 e. The summed E-state index contributed by atoms with van der Waals surface area (Å²) in [5.74, 6) is -0.544. The lowest BCUT2D eigenvalue weighted by atomic mass is 9.74. The van der Waals surface area contributed by atoms with Gasteiger partial charge in [-0.25, -0.2) is 4.79 Å². The Bertz CT molecular complexity index is 807. The number of benzene rings is 1. The molecule has 0 bridgehead atoms. The highest BCUT2D eigenvalue weighted by molar-refractivity contribution is 6.30. The Morgan fingerprint density at radius 2 is 1.84 bits per heavy atom. The third-order valence-electron chi connectivity index (χ3n) is 5.37. The second-order valence-corrected chi connectivity index (χ2v) is 7.17. The van der Waals surface area contributed by atoms with Crippen LogP contribution >= 0.6 is 11.6 Å². The minimum Gasteiger partial charge on any atom is -0.466 e. The fourth-order valence-electron chi connectivity index (χ4n) is 4.35. The number of carbonyl (C=O) groups excluding carboxylic acids is 2. The van der Waals surface area contributed by atoms with Crippen LogP contribution in [0.25, 0.3) is 0 Å². The zero-order valence-corrected chi connectivity index (χ0v) is 14.9. The first-order valence-corrected chi connectivity index (χ1v) is 9.10. The number of ether oxygens (including phenoxy) is 1. The molecule has 3 aliphatic rings. The average molecular weight is 358 g/mol. The molecule has 4 rings (SSSR count). The molecular formula is C20H20ClNO3. The molecule has 1 atom stereocenters. The number of fused-ring (bicyclic) bond motifs is 2. The molecule has 0 saturated carbocycles. The van der Waals surface area contributed by atoms with Crippen LogP contribution in [0.4, 0.5) is 0 Å². The minimum absolute atomic E-state index is 0.147. The van der Waals surface area contributed by atoms with Gasteiger partial charge in [0.15, 0.2) is 5.78 Å². The molecule has 4 nitrogen and oxygen atoms in total. The predicted octanol–water partition coefficient (Wildman–Crippen LogP) is 3.97. The highest BCUT2D eigenvalue weighted by Crippen LogP contribution is 2.49. The number of rotatable bonds is 2. The molecule has 1 saturated heterocycles. The molecule has 0 N–H and O–H groups in total. The summed E-state index contributed by atoms with van der Waals surface area (Å²) in [4.78, 5) is 27.7. The Kier molecular flexibility index (Phi) is 4.16. The summed E-state index contributed by atoms with van der Waals surface area (Å²) in [7, 11) is 1.40. The highest BCUT2D eigenvalue weighted by atomic mass is 35.5. The maximum atomic E-state index is 12.8. The summed E-state index contributed by atoms with van der Waals surface area (Å²) >= 11 is 6.04. The summed E-state index contributed by atoms with van der Waals surface area (Å²) < 4.78 is 5.10. The van der Waals surface area contributed by atoms with Gasteiger partial charge in [0.25, 0.3) is 0 Å². The number of hydrogen-bond acceptors (Lipinski definition) is 4. The number of halogens is 1. The quantitative estimate of drug-likeness (QED) is 0.751. The molecule has 2 aliphatic heterocycles. The van der Waals surface area contributed by atoms with Gasteiger partial charge in [-0.2, -0.15) is 0 Å². The molecule has 0 spiro atoms. The molecule has 1 fully saturated rings. The Hall–Kier alpha value is -2.07. The predicted molar refractivity (Wildman–Crippen MR) is 95.1 cm³/mol. The summed E-state index contributed by atoms with van der Waals surface area (Å²) in [5, 5.41) is 0.637. The zero-order valence-electron chi connectivity index (χ0n) is 14.2. The van der Waals surface area contributed by atoms with Crippen molar-refractivity contribution >= 4 is 23.4 Å². The van der Waals surface area contributed by atoms with Crippen molar-refractivity contribution in [1.29, 1.82) is 0 Å². The summed E-state index contributed by atoms with van der Waals surface area (Å²) in [6.45, 7) is 0.870. The lowest BCUT2D eigenvalue weighted by Crippen LogP contribution is -2.35. The van der Waals surface area contributed by atoms with Crippen molar-refractivity contribution in [2.24, 2.45) is 0 Å². The van der Waals surface area contributed by atoms with Crippen LogP contribution < -0.4 is 0 Å². The Morgan fingerprint density at radius 3 is 2.56 bits per heavy atom. The number of ketones is 1. The Labute approximate surface area is 152 Å². The maximum Gasteiger partial charge on any atom is 0.336 e. The second kappa shape index (κ2) is 6.34. The second-order valence-electron chi connectivity index (χ2n) is 6.73. The maximum absolute atomic E-state index is 12.8. The highest BCUT2D eigenvalue weighted by Gasteiger charge is 2.43. The van der Waals surface area contributed by atoms with Crippen LogP contribution in [0.2, 0.25) is 5.02 Å². The van der Waals surface area contributed by atoms with E-state index in [4.69, 9.17) is 16.3 Å². The molecule has 1 aromatic rings. The molecule has 0 radical (unpaired) electrons. The van der Waals surface area contributed by atoms with Crippen molar-refractivity contribution in [3.8, 4) is 0 Å². The lowest BCUT2D eigenvalue weighted by Gasteiger charge is -2.39. The van der Waals surface area contributed by atoms with Gasteiger partial charge in [0, 0.05) is 40.9 Å². The average Bonchev–Trinajstić information content (AvgIpc) is 3.11. The van der Waals surface area contributed by atoms with Crippen molar-refractivity contribution in [3.05, 3.63) is 57.4 Å². The fraction of sp³-hybridized carbons (Fsp3) is 0.400. The number of esters is 1. The first kappa shape index (κ1) is 16.4. The number of allylic oxidation sites excluding steroid dienone is 3. The van der Waals surface area contributed by atoms with Gasteiger partial charge < -0.3 is 9.64 Å². The van der Waals surface area contributed by atoms with E-state index in [0.717, 1.165) is 54.8 Å². The van der Waals surface area contributed by atoms with Crippen molar-refractivity contribution in [1.82, 2.24) is 4.90 Å². The number of methoxy groups -OCH3 is 1. The van der Waals surface area contributed by atoms with Crippen LogP contribution in [0.3, 0.4) is 0 Å². The van der Waals surface area contributed by atoms with Gasteiger partial charge in [-0.15, -0.1) is 0 Å². The molecule has 0 amide bonds. The first-order valence-electron chi connectivity index (χ1n) is 8.72. The molecule has 0 aromatic heterocycles. The molecule has 25 heavy (non-hydrogen) atoms. The number of nitrogens with zero attached hydrogens (tertiary/aromatic N) is 1. The first-order chi connectivity index (χ1) is 12.1. The van der Waals surface area contributed by atoms with Gasteiger partial charge in [-0.1, -0.05) is 23.7 Å². The SMILES string of the molecule is COC(=O)C1=C2CCCN2C2=C(C(=O)CCC2)C1c1ccc(Cl)cc1. The summed E-state index contributed by atoms with van der Waals surface area (Å²) in [6, 6.07) is 7.44. The Balaban J connectivity index is 1.95. The number of Topliss-reactive ketones (excluding diaryl/α,β-unsaturated/α-hetero) is 1. The van der Waals surface area contributed by atoms with Gasteiger partial charge in [-0.3, -0.25) is 4.79 Å². The molecule has 1 aromatic carbocycles. The third kappa shape index (κ3) is 2.60. The van der Waals surface area contributed by atoms with E-state index in [2.05, 4.69) is 4.90 Å². The zero-order chi connectivity index (χ0) is 17.6. The van der Waals surface area contributed by atoms with E-state index < -0.39 is 0 Å². The Morgan fingerprint density at radius 1 is 1.12 bits per heavy atom. The van der Waals surface area contributed by atoms with Gasteiger partial charge in [0.05, 0.1) is 12.7 Å². The fourth-order valence-corrected chi connectivity index (χ4v) is 4.48. The molecule has 1 aliphatic carbocycles. The van der Waals surface area contributed by atoms with Crippen molar-refractivity contribution in [2.45, 2.75) is 38.0 Å². The molecule has 5 heteroatoms. The van der Waals surface area contributed by atoms with Crippen LogP contribution in [0.1, 0.15) is 43.6 Å². The summed E-state index contributed by atoms with van der Waals surface area (Å²) in [6.07, 6.45) is 4.15. The van der Waals surface area contributed by atoms with Crippen LogP contribution in [-0.4, -0.2) is 30.3 Å². The van der Waals surface area contributed by atoms with E-state index in [9.17, 15) is 9.59 Å². The van der Waals surface area contributed by atoms with E-state index in [1.807, 2.05) is 24.3 Å². The smallest absolute Gasteiger partial charge is 0.336 e. The standard InChI is InChI=1S/C20H20ClNO3/c1-25-20(24)19-15-5-3-11-22(15)14-4-2-6-16(23)18(14)17(19)12-7-9-13(21)10-8-12/h7-10,17H,2-6,11H2,1H3. The molecular weight excluding hydrogens is 338 g/mol. The van der Waals surface area contributed by atoms with Gasteiger partial charge in [-0.05, 0) is 43.4 Å². The molecule has 130 valence electrons. The topological polar surface area (TPSA) is 46.6 Å². The monoisotopic (exact) mass is 357 g/mol. The number of hydrogen-bond donors (Lipinski definition) is 0. The van der Waals surface area contributed by atoms with Crippen molar-refractivity contribution in [3.63, 3.8) is 0 Å². The van der Waals surface area contributed by atoms with E-state index in [0.29, 0.717) is 17.0 Å². The normalized spacial score (nSPS) is 22.9. The summed E-state index contributed by atoms with van der Waals surface area (Å²) in [5.41, 5.74) is 4.46. The van der Waals surface area contributed by atoms with Crippen molar-refractivity contribution in [2.75, 3.05) is 13.7 Å². The van der Waals surface area contributed by atoms with Gasteiger partial charge in [0.2, 0.25) is 0 Å². The van der Waals surface area contributed by atoms with Gasteiger partial charge >= 0.3 is 5.97 Å². The minimum atomic E-state index is -0.350. The number of carbonyl (C=O) groups is 2. The van der Waals surface area contributed by atoms with E-state index in [1.165, 1.54) is 7.11 Å². The van der Waals surface area contributed by atoms with Crippen LogP contribution in [-0.2, 0) is 14.3 Å². The third-order valence-corrected chi connectivity index (χ3v) is 5.62. The van der Waals surface area contributed by atoms with Crippen LogP contribution in [0, 0.1) is 0 Å². The van der Waals surface area contributed by atoms with Crippen molar-refractivity contribution < 1.29 is 14.3 Å². The van der Waals surface area contributed by atoms with Crippen LogP contribution in [0.15, 0.2) is 46.8 Å². The van der Waals surface area contributed by atoms with E-state index >= 15 is 0 Å². The van der Waals surface area contributed by atoms with Crippen LogP contribution in [0.5, 0.6) is 0 Å². The molecule has 2 heterocycles.